The number of carbonyl (C=O) groups is 2. The molecule has 1 heterocycles. The molecule has 5 nitrogen and oxygen atoms in total. The number of esters is 2. The highest BCUT2D eigenvalue weighted by atomic mass is 32.2. The largest absolute Gasteiger partial charge is 0.469 e. The van der Waals surface area contributed by atoms with Crippen LogP contribution in [-0.4, -0.2) is 45.1 Å². The molecule has 4 aromatic rings. The van der Waals surface area contributed by atoms with Gasteiger partial charge in [-0.15, -0.1) is 11.8 Å². The van der Waals surface area contributed by atoms with Gasteiger partial charge in [0.15, 0.2) is 0 Å². The van der Waals surface area contributed by atoms with Gasteiger partial charge in [-0.3, -0.25) is 9.59 Å². The molecule has 0 saturated carbocycles. The molecule has 0 N–H and O–H groups in total. The van der Waals surface area contributed by atoms with Crippen molar-refractivity contribution in [3.8, 4) is 0 Å². The number of rotatable bonds is 7. The van der Waals surface area contributed by atoms with Gasteiger partial charge in [-0.05, 0) is 63.1 Å². The Bertz CT molecular complexity index is 1630. The minimum Gasteiger partial charge on any atom is -0.469 e. The zero-order chi connectivity index (χ0) is 29.3. The van der Waals surface area contributed by atoms with Gasteiger partial charge in [0.2, 0.25) is 0 Å². The van der Waals surface area contributed by atoms with E-state index in [2.05, 4.69) is 72.8 Å². The number of hydrogen-bond donors (Lipinski definition) is 0. The average Bonchev–Trinajstić information content (AvgIpc) is 3.05. The minimum absolute atomic E-state index is 0.123. The highest BCUT2D eigenvalue weighted by Gasteiger charge is 2.44. The Hall–Kier alpha value is -3.87. The predicted octanol–water partition coefficient (Wildman–Crippen LogP) is 7.43. The lowest BCUT2D eigenvalue weighted by atomic mass is 9.60. The van der Waals surface area contributed by atoms with E-state index in [1.54, 1.807) is 7.11 Å². The maximum Gasteiger partial charge on any atom is 0.305 e. The summed E-state index contributed by atoms with van der Waals surface area (Å²) in [6.45, 7) is 0. The third-order valence-corrected chi connectivity index (χ3v) is 9.94. The Morgan fingerprint density at radius 2 is 1.33 bits per heavy atom. The first-order valence-corrected chi connectivity index (χ1v) is 15.3. The zero-order valence-electron chi connectivity index (χ0n) is 24.1. The van der Waals surface area contributed by atoms with Gasteiger partial charge in [0.05, 0.1) is 20.3 Å². The van der Waals surface area contributed by atoms with Crippen molar-refractivity contribution in [2.24, 2.45) is 0 Å². The predicted molar refractivity (Wildman–Crippen MR) is 168 cm³/mol. The number of ether oxygens (including phenoxy) is 3. The highest BCUT2D eigenvalue weighted by Crippen LogP contribution is 2.55. The van der Waals surface area contributed by atoms with Gasteiger partial charge in [0, 0.05) is 41.6 Å². The molecule has 0 fully saturated rings. The van der Waals surface area contributed by atoms with Crippen molar-refractivity contribution in [2.45, 2.75) is 42.1 Å². The maximum atomic E-state index is 12.5. The molecule has 1 aliphatic carbocycles. The molecule has 0 unspecified atom stereocenters. The molecule has 0 bridgehead atoms. The summed E-state index contributed by atoms with van der Waals surface area (Å²) in [7, 11) is 4.63. The molecule has 0 spiro atoms. The second kappa shape index (κ2) is 11.8. The first-order valence-electron chi connectivity index (χ1n) is 14.3. The summed E-state index contributed by atoms with van der Waals surface area (Å²) in [6, 6.07) is 29.9. The summed E-state index contributed by atoms with van der Waals surface area (Å²) in [5.41, 5.74) is 7.38. The first kappa shape index (κ1) is 28.3. The van der Waals surface area contributed by atoms with Crippen molar-refractivity contribution in [1.82, 2.24) is 0 Å². The van der Waals surface area contributed by atoms with Crippen LogP contribution in [0.25, 0.3) is 21.9 Å². The molecule has 4 aromatic carbocycles. The molecule has 0 radical (unpaired) electrons. The fourth-order valence-electron chi connectivity index (χ4n) is 6.85. The van der Waals surface area contributed by atoms with Crippen LogP contribution >= 0.6 is 11.8 Å². The van der Waals surface area contributed by atoms with E-state index in [4.69, 9.17) is 14.2 Å². The Labute approximate surface area is 250 Å². The molecule has 2 aliphatic rings. The second-order valence-corrected chi connectivity index (χ2v) is 11.9. The lowest BCUT2D eigenvalue weighted by Gasteiger charge is -2.43. The van der Waals surface area contributed by atoms with Crippen molar-refractivity contribution in [2.75, 3.05) is 27.1 Å². The molecule has 1 aliphatic heterocycles. The summed E-state index contributed by atoms with van der Waals surface area (Å²) in [4.78, 5) is 26.3. The molecule has 42 heavy (non-hydrogen) atoms. The highest BCUT2D eigenvalue weighted by molar-refractivity contribution is 7.99. The van der Waals surface area contributed by atoms with Crippen LogP contribution in [0.1, 0.15) is 53.5 Å². The Kier molecular flexibility index (Phi) is 7.93. The number of benzene rings is 4. The number of hydrogen-bond acceptors (Lipinski definition) is 6. The van der Waals surface area contributed by atoms with Crippen LogP contribution in [0.5, 0.6) is 0 Å². The lowest BCUT2D eigenvalue weighted by Crippen LogP contribution is -2.35. The van der Waals surface area contributed by atoms with Crippen molar-refractivity contribution in [1.29, 1.82) is 0 Å². The van der Waals surface area contributed by atoms with Crippen LogP contribution in [-0.2, 0) is 29.2 Å². The summed E-state index contributed by atoms with van der Waals surface area (Å²) in [5.74, 6) is 0.271. The maximum absolute atomic E-state index is 12.5. The fraction of sp³-hybridized carbons (Fsp3) is 0.278. The third-order valence-electron chi connectivity index (χ3n) is 8.82. The molecule has 0 saturated heterocycles. The average molecular weight is 579 g/mol. The van der Waals surface area contributed by atoms with Crippen LogP contribution in [0, 0.1) is 0 Å². The van der Waals surface area contributed by atoms with E-state index in [0.717, 1.165) is 33.6 Å². The Balaban J connectivity index is 1.69. The molecule has 0 aromatic heterocycles. The second-order valence-electron chi connectivity index (χ2n) is 10.8. The Morgan fingerprint density at radius 3 is 1.93 bits per heavy atom. The first-order chi connectivity index (χ1) is 20.5. The van der Waals surface area contributed by atoms with Crippen LogP contribution in [0.2, 0.25) is 0 Å². The van der Waals surface area contributed by atoms with Gasteiger partial charge < -0.3 is 14.2 Å². The summed E-state index contributed by atoms with van der Waals surface area (Å²) < 4.78 is 16.4. The molecule has 1 atom stereocenters. The van der Waals surface area contributed by atoms with Gasteiger partial charge in [-0.2, -0.15) is 0 Å². The molecule has 6 rings (SSSR count). The topological polar surface area (TPSA) is 61.8 Å². The Morgan fingerprint density at radius 1 is 0.762 bits per heavy atom. The number of methoxy groups -OCH3 is 3. The molecular weight excluding hydrogens is 544 g/mol. The zero-order valence-corrected chi connectivity index (χ0v) is 25.0. The van der Waals surface area contributed by atoms with Gasteiger partial charge >= 0.3 is 11.9 Å². The smallest absolute Gasteiger partial charge is 0.305 e. The van der Waals surface area contributed by atoms with E-state index in [1.165, 1.54) is 41.0 Å². The molecule has 6 heteroatoms. The van der Waals surface area contributed by atoms with Crippen LogP contribution in [0.15, 0.2) is 89.8 Å². The quantitative estimate of drug-likeness (QED) is 0.213. The van der Waals surface area contributed by atoms with Crippen LogP contribution in [0.3, 0.4) is 0 Å². The van der Waals surface area contributed by atoms with Gasteiger partial charge in [0.1, 0.15) is 0 Å². The van der Waals surface area contributed by atoms with E-state index < -0.39 is 5.41 Å². The summed E-state index contributed by atoms with van der Waals surface area (Å²) >= 11 is 1.83. The van der Waals surface area contributed by atoms with Crippen LogP contribution < -0.4 is 0 Å². The van der Waals surface area contributed by atoms with E-state index in [9.17, 15) is 9.59 Å². The van der Waals surface area contributed by atoms with E-state index >= 15 is 0 Å². The van der Waals surface area contributed by atoms with Gasteiger partial charge in [-0.25, -0.2) is 0 Å². The van der Waals surface area contributed by atoms with Gasteiger partial charge in [-0.1, -0.05) is 78.9 Å². The number of fused-ring (bicyclic) bond motifs is 5. The fourth-order valence-corrected chi connectivity index (χ4v) is 8.01. The number of thioether (sulfide) groups is 1. The van der Waals surface area contributed by atoms with Crippen molar-refractivity contribution < 1.29 is 23.8 Å². The monoisotopic (exact) mass is 578 g/mol. The van der Waals surface area contributed by atoms with Gasteiger partial charge in [0.25, 0.3) is 0 Å². The normalized spacial score (nSPS) is 16.8. The molecular formula is C36H34O5S. The van der Waals surface area contributed by atoms with E-state index in [0.29, 0.717) is 12.8 Å². The van der Waals surface area contributed by atoms with Crippen molar-refractivity contribution in [3.05, 3.63) is 113 Å². The molecule has 214 valence electrons. The summed E-state index contributed by atoms with van der Waals surface area (Å²) in [6.07, 6.45) is 1.36. The third kappa shape index (κ3) is 4.73. The van der Waals surface area contributed by atoms with Crippen molar-refractivity contribution in [3.63, 3.8) is 0 Å². The number of carbonyl (C=O) groups excluding carboxylic acids is 2. The minimum atomic E-state index is -0.590. The SMILES string of the molecule is COC(=O)CCC1(CCC(=O)OC)c2ccccc2C(=C2c3c(ccc4ccccc34)SC[C@@H]2OC)c2ccccc21. The van der Waals surface area contributed by atoms with Crippen molar-refractivity contribution >= 4 is 45.6 Å². The van der Waals surface area contributed by atoms with Crippen LogP contribution in [0.4, 0.5) is 0 Å². The molecule has 0 amide bonds. The standard InChI is InChI=1S/C36H34O5S/c1-39-29-22-42-30-17-16-23-10-4-5-11-24(23)34(30)35(29)33-25-12-6-8-14-27(25)36(20-18-31(37)40-2,21-19-32(38)41-3)28-15-9-7-13-26(28)33/h4-17,29H,18-22H2,1-3H3/t29-/m0/s1. The summed E-state index contributed by atoms with van der Waals surface area (Å²) in [5, 5.41) is 2.39. The van der Waals surface area contributed by atoms with E-state index in [-0.39, 0.29) is 30.9 Å². The lowest BCUT2D eigenvalue weighted by molar-refractivity contribution is -0.141. The van der Waals surface area contributed by atoms with E-state index in [1.807, 2.05) is 23.9 Å².